The molecule has 4 rings (SSSR count). The largest absolute Gasteiger partial charge is 0.454 e. The molecule has 1 unspecified atom stereocenters. The third-order valence-electron chi connectivity index (χ3n) is 5.05. The van der Waals surface area contributed by atoms with Gasteiger partial charge in [0.05, 0.1) is 6.61 Å². The van der Waals surface area contributed by atoms with E-state index in [1.807, 2.05) is 19.2 Å². The van der Waals surface area contributed by atoms with Gasteiger partial charge in [0.15, 0.2) is 17.5 Å². The first kappa shape index (κ1) is 17.6. The standard InChI is InChI=1S/C17H23N3O3.HI/c1-18-16(20-7-5-17(10-20)6-8-21-11-17)19-9-13-3-2-4-14-15(13)23-12-22-14;/h2-4H,5-12H2,1H3,(H,18,19);1H. The Balaban J connectivity index is 0.00000169. The van der Waals surface area contributed by atoms with Gasteiger partial charge in [0.1, 0.15) is 0 Å². The molecule has 3 heterocycles. The number of halogens is 1. The fraction of sp³-hybridized carbons (Fsp3) is 0.588. The van der Waals surface area contributed by atoms with Gasteiger partial charge in [-0.1, -0.05) is 12.1 Å². The number of guanidine groups is 1. The average molecular weight is 445 g/mol. The molecule has 0 aromatic heterocycles. The van der Waals surface area contributed by atoms with Gasteiger partial charge < -0.3 is 24.4 Å². The first-order valence-electron chi connectivity index (χ1n) is 8.21. The van der Waals surface area contributed by atoms with E-state index in [0.29, 0.717) is 18.8 Å². The van der Waals surface area contributed by atoms with E-state index >= 15 is 0 Å². The summed E-state index contributed by atoms with van der Waals surface area (Å²) in [6.07, 6.45) is 2.35. The number of hydrogen-bond donors (Lipinski definition) is 1. The molecule has 1 spiro atoms. The highest BCUT2D eigenvalue weighted by Crippen LogP contribution is 2.38. The van der Waals surface area contributed by atoms with Crippen molar-refractivity contribution in [3.05, 3.63) is 23.8 Å². The van der Waals surface area contributed by atoms with Gasteiger partial charge in [-0.25, -0.2) is 0 Å². The van der Waals surface area contributed by atoms with Crippen LogP contribution in [-0.4, -0.2) is 51.0 Å². The number of likely N-dealkylation sites (tertiary alicyclic amines) is 1. The second kappa shape index (κ2) is 7.35. The molecule has 0 amide bonds. The van der Waals surface area contributed by atoms with Gasteiger partial charge in [-0.3, -0.25) is 4.99 Å². The number of fused-ring (bicyclic) bond motifs is 1. The first-order chi connectivity index (χ1) is 11.3. The van der Waals surface area contributed by atoms with Crippen LogP contribution < -0.4 is 14.8 Å². The minimum absolute atomic E-state index is 0. The summed E-state index contributed by atoms with van der Waals surface area (Å²) < 4.78 is 16.6. The van der Waals surface area contributed by atoms with Crippen LogP contribution >= 0.6 is 24.0 Å². The molecule has 1 atom stereocenters. The first-order valence-corrected chi connectivity index (χ1v) is 8.21. The number of nitrogens with zero attached hydrogens (tertiary/aromatic N) is 2. The predicted octanol–water partition coefficient (Wildman–Crippen LogP) is 2.22. The zero-order chi connectivity index (χ0) is 15.7. The molecular weight excluding hydrogens is 421 g/mol. The van der Waals surface area contributed by atoms with Crippen LogP contribution in [-0.2, 0) is 11.3 Å². The maximum Gasteiger partial charge on any atom is 0.231 e. The monoisotopic (exact) mass is 445 g/mol. The molecule has 3 aliphatic heterocycles. The van der Waals surface area contributed by atoms with Crippen molar-refractivity contribution in [2.75, 3.05) is 40.1 Å². The van der Waals surface area contributed by atoms with E-state index in [-0.39, 0.29) is 24.0 Å². The van der Waals surface area contributed by atoms with Crippen LogP contribution in [0.3, 0.4) is 0 Å². The zero-order valence-corrected chi connectivity index (χ0v) is 16.2. The second-order valence-corrected chi connectivity index (χ2v) is 6.53. The van der Waals surface area contributed by atoms with Gasteiger partial charge in [0, 0.05) is 44.3 Å². The molecule has 0 bridgehead atoms. The summed E-state index contributed by atoms with van der Waals surface area (Å²) in [4.78, 5) is 6.79. The van der Waals surface area contributed by atoms with Gasteiger partial charge in [-0.15, -0.1) is 24.0 Å². The van der Waals surface area contributed by atoms with E-state index in [1.165, 1.54) is 6.42 Å². The van der Waals surface area contributed by atoms with E-state index in [2.05, 4.69) is 21.3 Å². The van der Waals surface area contributed by atoms with Gasteiger partial charge in [0.2, 0.25) is 6.79 Å². The number of aliphatic imine (C=N–C) groups is 1. The minimum Gasteiger partial charge on any atom is -0.454 e. The molecule has 3 aliphatic rings. The average Bonchev–Trinajstić information content (AvgIpc) is 3.31. The van der Waals surface area contributed by atoms with Crippen LogP contribution in [0.2, 0.25) is 0 Å². The Morgan fingerprint density at radius 1 is 1.33 bits per heavy atom. The Bertz CT molecular complexity index is 617. The van der Waals surface area contributed by atoms with Crippen molar-refractivity contribution in [3.63, 3.8) is 0 Å². The van der Waals surface area contributed by atoms with Gasteiger partial charge in [-0.2, -0.15) is 0 Å². The SMILES string of the molecule is CN=C(NCc1cccc2c1OCO2)N1CCC2(CCOC2)C1.I. The number of rotatable bonds is 2. The van der Waals surface area contributed by atoms with E-state index in [1.54, 1.807) is 0 Å². The third kappa shape index (κ3) is 3.28. The molecule has 24 heavy (non-hydrogen) atoms. The molecule has 0 aliphatic carbocycles. The lowest BCUT2D eigenvalue weighted by molar-refractivity contribution is 0.156. The fourth-order valence-corrected chi connectivity index (χ4v) is 3.72. The van der Waals surface area contributed by atoms with Gasteiger partial charge in [-0.05, 0) is 18.9 Å². The highest BCUT2D eigenvalue weighted by molar-refractivity contribution is 14.0. The number of hydrogen-bond acceptors (Lipinski definition) is 4. The summed E-state index contributed by atoms with van der Waals surface area (Å²) in [5, 5.41) is 3.46. The van der Waals surface area contributed by atoms with Gasteiger partial charge >= 0.3 is 0 Å². The topological polar surface area (TPSA) is 55.3 Å². The van der Waals surface area contributed by atoms with Crippen LogP contribution in [0.1, 0.15) is 18.4 Å². The Labute approximate surface area is 159 Å². The molecule has 1 N–H and O–H groups in total. The van der Waals surface area contributed by atoms with Crippen molar-refractivity contribution in [2.45, 2.75) is 19.4 Å². The van der Waals surface area contributed by atoms with Crippen LogP contribution in [0.5, 0.6) is 11.5 Å². The number of ether oxygens (including phenoxy) is 3. The Kier molecular flexibility index (Phi) is 5.39. The number of para-hydroxylation sites is 1. The molecule has 0 saturated carbocycles. The van der Waals surface area contributed by atoms with Crippen molar-refractivity contribution >= 4 is 29.9 Å². The van der Waals surface area contributed by atoms with Crippen LogP contribution in [0.25, 0.3) is 0 Å². The van der Waals surface area contributed by atoms with Crippen molar-refractivity contribution in [2.24, 2.45) is 10.4 Å². The van der Waals surface area contributed by atoms with E-state index in [0.717, 1.165) is 55.7 Å². The predicted molar refractivity (Wildman–Crippen MR) is 102 cm³/mol. The highest BCUT2D eigenvalue weighted by Gasteiger charge is 2.42. The maximum absolute atomic E-state index is 5.61. The maximum atomic E-state index is 5.61. The Hall–Kier alpha value is -1.22. The molecule has 0 radical (unpaired) electrons. The summed E-state index contributed by atoms with van der Waals surface area (Å²) in [7, 11) is 1.84. The van der Waals surface area contributed by atoms with Crippen molar-refractivity contribution in [1.82, 2.24) is 10.2 Å². The molecule has 1 aromatic rings. The normalized spacial score (nSPS) is 25.2. The molecule has 2 fully saturated rings. The fourth-order valence-electron chi connectivity index (χ4n) is 3.72. The Morgan fingerprint density at radius 3 is 3.04 bits per heavy atom. The summed E-state index contributed by atoms with van der Waals surface area (Å²) in [5.41, 5.74) is 1.43. The highest BCUT2D eigenvalue weighted by atomic mass is 127. The lowest BCUT2D eigenvalue weighted by Gasteiger charge is -2.25. The lowest BCUT2D eigenvalue weighted by atomic mass is 9.87. The molecule has 132 valence electrons. The quantitative estimate of drug-likeness (QED) is 0.430. The van der Waals surface area contributed by atoms with Crippen LogP contribution in [0.15, 0.2) is 23.2 Å². The number of benzene rings is 1. The van der Waals surface area contributed by atoms with Crippen molar-refractivity contribution < 1.29 is 14.2 Å². The summed E-state index contributed by atoms with van der Waals surface area (Å²) in [6, 6.07) is 5.99. The molecular formula is C17H24IN3O3. The Morgan fingerprint density at radius 2 is 2.25 bits per heavy atom. The third-order valence-corrected chi connectivity index (χ3v) is 5.05. The summed E-state index contributed by atoms with van der Waals surface area (Å²) in [5.74, 6) is 2.62. The lowest BCUT2D eigenvalue weighted by Crippen LogP contribution is -2.41. The minimum atomic E-state index is 0. The smallest absolute Gasteiger partial charge is 0.231 e. The molecule has 6 nitrogen and oxygen atoms in total. The van der Waals surface area contributed by atoms with Crippen molar-refractivity contribution in [3.8, 4) is 11.5 Å². The van der Waals surface area contributed by atoms with Crippen LogP contribution in [0.4, 0.5) is 0 Å². The van der Waals surface area contributed by atoms with E-state index < -0.39 is 0 Å². The van der Waals surface area contributed by atoms with E-state index in [4.69, 9.17) is 14.2 Å². The van der Waals surface area contributed by atoms with E-state index in [9.17, 15) is 0 Å². The molecule has 1 aromatic carbocycles. The van der Waals surface area contributed by atoms with Gasteiger partial charge in [0.25, 0.3) is 0 Å². The number of nitrogens with one attached hydrogen (secondary N) is 1. The van der Waals surface area contributed by atoms with Crippen molar-refractivity contribution in [1.29, 1.82) is 0 Å². The second-order valence-electron chi connectivity index (χ2n) is 6.53. The molecule has 7 heteroatoms. The zero-order valence-electron chi connectivity index (χ0n) is 13.9. The summed E-state index contributed by atoms with van der Waals surface area (Å²) >= 11 is 0. The van der Waals surface area contributed by atoms with Crippen LogP contribution in [0, 0.1) is 5.41 Å². The summed E-state index contributed by atoms with van der Waals surface area (Å²) in [6.45, 7) is 4.83. The molecule has 2 saturated heterocycles.